The van der Waals surface area contributed by atoms with Crippen molar-refractivity contribution in [3.8, 4) is 23.3 Å². The molecule has 148 valence electrons. The molecular formula is C23H20O6. The summed E-state index contributed by atoms with van der Waals surface area (Å²) in [5.41, 5.74) is 1.62. The third-order valence-electron chi connectivity index (χ3n) is 3.43. The summed E-state index contributed by atoms with van der Waals surface area (Å²) in [7, 11) is 0. The van der Waals surface area contributed by atoms with E-state index in [1.165, 1.54) is 6.08 Å². The van der Waals surface area contributed by atoms with E-state index in [0.29, 0.717) is 11.5 Å². The number of ether oxygens (including phenoxy) is 4. The zero-order valence-electron chi connectivity index (χ0n) is 15.8. The number of rotatable bonds is 10. The molecule has 0 N–H and O–H groups in total. The molecule has 0 saturated carbocycles. The van der Waals surface area contributed by atoms with E-state index in [2.05, 4.69) is 25.0 Å². The second-order valence-electron chi connectivity index (χ2n) is 5.51. The van der Waals surface area contributed by atoms with Gasteiger partial charge in [0.05, 0.1) is 0 Å². The minimum Gasteiger partial charge on any atom is -0.468 e. The summed E-state index contributed by atoms with van der Waals surface area (Å²) >= 11 is 0. The molecule has 2 aromatic carbocycles. The van der Waals surface area contributed by atoms with Crippen LogP contribution in [0, 0.1) is 11.8 Å². The first-order chi connectivity index (χ1) is 14.1. The molecule has 0 fully saturated rings. The highest BCUT2D eigenvalue weighted by atomic mass is 16.7. The van der Waals surface area contributed by atoms with E-state index in [0.717, 1.165) is 17.2 Å². The molecule has 6 heteroatoms. The van der Waals surface area contributed by atoms with Crippen LogP contribution in [0.15, 0.2) is 73.8 Å². The predicted octanol–water partition coefficient (Wildman–Crippen LogP) is 3.26. The van der Waals surface area contributed by atoms with Crippen molar-refractivity contribution in [2.75, 3.05) is 20.2 Å². The van der Waals surface area contributed by atoms with Crippen molar-refractivity contribution < 1.29 is 28.5 Å². The fraction of sp³-hybridized carbons (Fsp3) is 0.130. The molecule has 0 heterocycles. The van der Waals surface area contributed by atoms with E-state index in [4.69, 9.17) is 18.9 Å². The normalized spacial score (nSPS) is 9.52. The Hall–Kier alpha value is -3.82. The molecule has 0 saturated heterocycles. The van der Waals surface area contributed by atoms with Crippen LogP contribution >= 0.6 is 0 Å². The Labute approximate surface area is 169 Å². The molecule has 0 aliphatic heterocycles. The smallest absolute Gasteiger partial charge is 0.333 e. The summed E-state index contributed by atoms with van der Waals surface area (Å²) in [5, 5.41) is 0. The van der Waals surface area contributed by atoms with Crippen LogP contribution in [-0.4, -0.2) is 31.9 Å². The van der Waals surface area contributed by atoms with Crippen molar-refractivity contribution in [2.24, 2.45) is 0 Å². The van der Waals surface area contributed by atoms with E-state index < -0.39 is 5.97 Å². The van der Waals surface area contributed by atoms with Crippen molar-refractivity contribution in [3.05, 3.63) is 85.0 Å². The van der Waals surface area contributed by atoms with Gasteiger partial charge in [-0.05, 0) is 54.6 Å². The molecule has 29 heavy (non-hydrogen) atoms. The van der Waals surface area contributed by atoms with Crippen LogP contribution in [0.2, 0.25) is 0 Å². The van der Waals surface area contributed by atoms with Crippen LogP contribution in [-0.2, 0) is 19.1 Å². The van der Waals surface area contributed by atoms with Crippen LogP contribution in [0.5, 0.6) is 11.5 Å². The average Bonchev–Trinajstić information content (AvgIpc) is 2.76. The van der Waals surface area contributed by atoms with Crippen LogP contribution < -0.4 is 9.47 Å². The lowest BCUT2D eigenvalue weighted by molar-refractivity contribution is -0.144. The Morgan fingerprint density at radius 1 is 0.793 bits per heavy atom. The molecule has 2 rings (SSSR count). The fourth-order valence-corrected chi connectivity index (χ4v) is 1.94. The van der Waals surface area contributed by atoms with Crippen molar-refractivity contribution in [3.63, 3.8) is 0 Å². The minimum atomic E-state index is -0.542. The lowest BCUT2D eigenvalue weighted by Crippen LogP contribution is -2.09. The van der Waals surface area contributed by atoms with Gasteiger partial charge in [0.2, 0.25) is 6.79 Å². The monoisotopic (exact) mass is 392 g/mol. The van der Waals surface area contributed by atoms with Gasteiger partial charge in [0.25, 0.3) is 0 Å². The Kier molecular flexibility index (Phi) is 8.74. The topological polar surface area (TPSA) is 71.1 Å². The van der Waals surface area contributed by atoms with E-state index in [-0.39, 0.29) is 26.0 Å². The molecule has 0 aliphatic carbocycles. The second-order valence-corrected chi connectivity index (χ2v) is 5.51. The van der Waals surface area contributed by atoms with Gasteiger partial charge in [-0.25, -0.2) is 4.79 Å². The fourth-order valence-electron chi connectivity index (χ4n) is 1.94. The third kappa shape index (κ3) is 8.16. The molecular weight excluding hydrogens is 372 g/mol. The van der Waals surface area contributed by atoms with Gasteiger partial charge >= 0.3 is 5.97 Å². The number of carbonyl (C=O) groups is 2. The highest BCUT2D eigenvalue weighted by Crippen LogP contribution is 2.13. The van der Waals surface area contributed by atoms with Crippen LogP contribution in [0.4, 0.5) is 0 Å². The summed E-state index contributed by atoms with van der Waals surface area (Å²) in [6.45, 7) is 6.40. The van der Waals surface area contributed by atoms with Crippen molar-refractivity contribution in [2.45, 2.75) is 0 Å². The van der Waals surface area contributed by atoms with Gasteiger partial charge in [-0.3, -0.25) is 4.79 Å². The summed E-state index contributed by atoms with van der Waals surface area (Å²) in [6.07, 6.45) is 2.27. The number of esters is 1. The molecule has 0 radical (unpaired) electrons. The van der Waals surface area contributed by atoms with Gasteiger partial charge in [0.15, 0.2) is 12.6 Å². The first-order valence-corrected chi connectivity index (χ1v) is 8.60. The zero-order chi connectivity index (χ0) is 20.9. The standard InChI is InChI=1S/C23H20O6/c1-3-20(24)15-26-16-27-21-11-7-18(8-12-21)5-6-19-9-13-22(14-10-19)28-17-29-23(25)4-2/h3-4,7-14H,1-2,15-17H2. The SMILES string of the molecule is C=CC(=O)COCOc1ccc(C#Cc2ccc(OCOC(=O)C=C)cc2)cc1. The maximum Gasteiger partial charge on any atom is 0.333 e. The lowest BCUT2D eigenvalue weighted by atomic mass is 10.2. The van der Waals surface area contributed by atoms with Gasteiger partial charge in [-0.15, -0.1) is 0 Å². The molecule has 0 amide bonds. The third-order valence-corrected chi connectivity index (χ3v) is 3.43. The van der Waals surface area contributed by atoms with Crippen LogP contribution in [0.25, 0.3) is 0 Å². The summed E-state index contributed by atoms with van der Waals surface area (Å²) in [5.74, 6) is 6.53. The van der Waals surface area contributed by atoms with Gasteiger partial charge in [0.1, 0.15) is 18.1 Å². The zero-order valence-corrected chi connectivity index (χ0v) is 15.8. The minimum absolute atomic E-state index is 0.0220. The molecule has 0 aromatic heterocycles. The van der Waals surface area contributed by atoms with E-state index in [1.54, 1.807) is 36.4 Å². The summed E-state index contributed by atoms with van der Waals surface area (Å²) in [4.78, 5) is 21.9. The Bertz CT molecular complexity index is 901. The maximum atomic E-state index is 11.0. The van der Waals surface area contributed by atoms with Crippen molar-refractivity contribution in [1.29, 1.82) is 0 Å². The quantitative estimate of drug-likeness (QED) is 0.203. The van der Waals surface area contributed by atoms with Crippen LogP contribution in [0.1, 0.15) is 11.1 Å². The number of benzene rings is 2. The predicted molar refractivity (Wildman–Crippen MR) is 107 cm³/mol. The van der Waals surface area contributed by atoms with Gasteiger partial charge in [0, 0.05) is 17.2 Å². The molecule has 6 nitrogen and oxygen atoms in total. The lowest BCUT2D eigenvalue weighted by Gasteiger charge is -2.06. The molecule has 0 spiro atoms. The van der Waals surface area contributed by atoms with Crippen molar-refractivity contribution >= 4 is 11.8 Å². The first-order valence-electron chi connectivity index (χ1n) is 8.60. The van der Waals surface area contributed by atoms with Gasteiger partial charge < -0.3 is 18.9 Å². The number of hydrogen-bond acceptors (Lipinski definition) is 6. The van der Waals surface area contributed by atoms with Crippen LogP contribution in [0.3, 0.4) is 0 Å². The molecule has 0 bridgehead atoms. The second kappa shape index (κ2) is 11.8. The number of carbonyl (C=O) groups excluding carboxylic acids is 2. The highest BCUT2D eigenvalue weighted by Gasteiger charge is 1.99. The summed E-state index contributed by atoms with van der Waals surface area (Å²) < 4.78 is 20.5. The molecule has 0 atom stereocenters. The molecule has 2 aromatic rings. The molecule has 0 aliphatic rings. The van der Waals surface area contributed by atoms with E-state index in [1.807, 2.05) is 12.1 Å². The Morgan fingerprint density at radius 3 is 1.79 bits per heavy atom. The number of hydrogen-bond donors (Lipinski definition) is 0. The maximum absolute atomic E-state index is 11.0. The van der Waals surface area contributed by atoms with Gasteiger partial charge in [-0.1, -0.05) is 25.0 Å². The Morgan fingerprint density at radius 2 is 1.31 bits per heavy atom. The molecule has 0 unspecified atom stereocenters. The summed E-state index contributed by atoms with van der Waals surface area (Å²) in [6, 6.07) is 14.3. The average molecular weight is 392 g/mol. The van der Waals surface area contributed by atoms with Crippen molar-refractivity contribution in [1.82, 2.24) is 0 Å². The van der Waals surface area contributed by atoms with Gasteiger partial charge in [-0.2, -0.15) is 0 Å². The van der Waals surface area contributed by atoms with E-state index >= 15 is 0 Å². The Balaban J connectivity index is 1.81. The number of ketones is 1. The van der Waals surface area contributed by atoms with E-state index in [9.17, 15) is 9.59 Å². The highest BCUT2D eigenvalue weighted by molar-refractivity contribution is 5.90. The first kappa shape index (κ1) is 21.5. The largest absolute Gasteiger partial charge is 0.468 e.